The van der Waals surface area contributed by atoms with Crippen LogP contribution in [0.25, 0.3) is 28.0 Å². The van der Waals surface area contributed by atoms with Crippen LogP contribution in [0.2, 0.25) is 0 Å². The Morgan fingerprint density at radius 2 is 1.88 bits per heavy atom. The summed E-state index contributed by atoms with van der Waals surface area (Å²) in [6.45, 7) is 3.38. The maximum Gasteiger partial charge on any atom is 0.297 e. The Bertz CT molecular complexity index is 1450. The van der Waals surface area contributed by atoms with Crippen LogP contribution in [0, 0.1) is 0 Å². The number of nitrogens with zero attached hydrogens (tertiary/aromatic N) is 6. The van der Waals surface area contributed by atoms with Crippen LogP contribution in [0.15, 0.2) is 71.8 Å². The zero-order chi connectivity index (χ0) is 23.1. The van der Waals surface area contributed by atoms with Crippen molar-refractivity contribution in [2.24, 2.45) is 0 Å². The topological polar surface area (TPSA) is 79.8 Å². The lowest BCUT2D eigenvalue weighted by Crippen LogP contribution is -2.36. The van der Waals surface area contributed by atoms with Gasteiger partial charge in [0.15, 0.2) is 5.69 Å². The Balaban J connectivity index is 1.43. The number of fused-ring (bicyclic) bond motifs is 3. The molecule has 4 heterocycles. The number of aromatic nitrogens is 6. The van der Waals surface area contributed by atoms with E-state index in [1.54, 1.807) is 10.9 Å². The Morgan fingerprint density at radius 1 is 1.03 bits per heavy atom. The number of para-hydroxylation sites is 1. The van der Waals surface area contributed by atoms with E-state index in [1.807, 2.05) is 58.0 Å². The first-order valence-electron chi connectivity index (χ1n) is 11.8. The summed E-state index contributed by atoms with van der Waals surface area (Å²) in [5.74, 6) is 0. The van der Waals surface area contributed by atoms with E-state index < -0.39 is 0 Å². The molecule has 2 aromatic carbocycles. The number of ether oxygens (including phenoxy) is 1. The van der Waals surface area contributed by atoms with E-state index in [0.717, 1.165) is 48.0 Å². The first-order valence-corrected chi connectivity index (χ1v) is 11.8. The smallest absolute Gasteiger partial charge is 0.297 e. The molecule has 0 spiro atoms. The predicted molar refractivity (Wildman–Crippen MR) is 129 cm³/mol. The molecule has 8 heteroatoms. The zero-order valence-electron chi connectivity index (χ0n) is 19.0. The highest BCUT2D eigenvalue weighted by Crippen LogP contribution is 2.30. The molecular weight excluding hydrogens is 428 g/mol. The van der Waals surface area contributed by atoms with Crippen molar-refractivity contribution in [2.75, 3.05) is 6.61 Å². The average molecular weight is 455 g/mol. The molecule has 8 nitrogen and oxygen atoms in total. The molecule has 3 aromatic rings. The fourth-order valence-electron chi connectivity index (χ4n) is 4.94. The molecule has 0 unspecified atom stereocenters. The molecule has 3 aliphatic rings. The number of hydrogen-bond donors (Lipinski definition) is 0. The second-order valence-corrected chi connectivity index (χ2v) is 8.77. The largest absolute Gasteiger partial charge is 0.376 e. The molecule has 6 rings (SSSR count). The van der Waals surface area contributed by atoms with Gasteiger partial charge in [0.25, 0.3) is 5.56 Å². The Hall–Kier alpha value is -3.78. The standard InChI is InChI=1S/C26H26N6O2/c1-2-23-22(9-5-16-34-23)32-26(33)25-24(29-32)20-7-3-4-8-21(20)31(28-25)17-18-10-12-19(13-11-18)30-15-6-14-27-30/h3-4,6-8,10-15,22-23H,2,5,9,16-17H2,1H3/t22-,23+/m1/s1. The molecule has 1 saturated heterocycles. The van der Waals surface area contributed by atoms with Gasteiger partial charge in [-0.2, -0.15) is 15.3 Å². The minimum atomic E-state index is -0.141. The minimum absolute atomic E-state index is 0.00227. The van der Waals surface area contributed by atoms with Gasteiger partial charge >= 0.3 is 0 Å². The molecule has 0 bridgehead atoms. The van der Waals surface area contributed by atoms with Crippen LogP contribution in [0.4, 0.5) is 0 Å². The van der Waals surface area contributed by atoms with Gasteiger partial charge in [-0.1, -0.05) is 37.3 Å². The van der Waals surface area contributed by atoms with Crippen LogP contribution in [-0.4, -0.2) is 42.1 Å². The van der Waals surface area contributed by atoms with Crippen molar-refractivity contribution in [2.45, 2.75) is 44.9 Å². The van der Waals surface area contributed by atoms with Crippen molar-refractivity contribution in [3.63, 3.8) is 0 Å². The molecule has 3 aliphatic heterocycles. The maximum absolute atomic E-state index is 13.5. The monoisotopic (exact) mass is 454 g/mol. The van der Waals surface area contributed by atoms with E-state index >= 15 is 0 Å². The molecule has 172 valence electrons. The summed E-state index contributed by atoms with van der Waals surface area (Å²) in [7, 11) is 0. The van der Waals surface area contributed by atoms with Crippen LogP contribution >= 0.6 is 0 Å². The minimum Gasteiger partial charge on any atom is -0.376 e. The summed E-state index contributed by atoms with van der Waals surface area (Å²) < 4.78 is 11.3. The van der Waals surface area contributed by atoms with Gasteiger partial charge in [0, 0.05) is 24.4 Å². The van der Waals surface area contributed by atoms with Gasteiger partial charge in [0.2, 0.25) is 0 Å². The second-order valence-electron chi connectivity index (χ2n) is 8.77. The highest BCUT2D eigenvalue weighted by Gasteiger charge is 2.32. The summed E-state index contributed by atoms with van der Waals surface area (Å²) in [5, 5.41) is 14.8. The van der Waals surface area contributed by atoms with Crippen LogP contribution in [0.5, 0.6) is 0 Å². The van der Waals surface area contributed by atoms with Crippen molar-refractivity contribution in [3.8, 4) is 17.1 Å². The quantitative estimate of drug-likeness (QED) is 0.400. The molecule has 0 aliphatic carbocycles. The van der Waals surface area contributed by atoms with E-state index in [4.69, 9.17) is 14.9 Å². The zero-order valence-corrected chi connectivity index (χ0v) is 19.0. The second kappa shape index (κ2) is 8.53. The molecule has 2 atom stereocenters. The molecule has 0 amide bonds. The lowest BCUT2D eigenvalue weighted by molar-refractivity contribution is -0.0268. The summed E-state index contributed by atoms with van der Waals surface area (Å²) in [6.07, 6.45) is 6.35. The van der Waals surface area contributed by atoms with E-state index in [1.165, 1.54) is 0 Å². The highest BCUT2D eigenvalue weighted by molar-refractivity contribution is 5.92. The van der Waals surface area contributed by atoms with Gasteiger partial charge in [-0.25, -0.2) is 9.36 Å². The summed E-state index contributed by atoms with van der Waals surface area (Å²) in [6, 6.07) is 18.1. The molecule has 34 heavy (non-hydrogen) atoms. The maximum atomic E-state index is 13.5. The summed E-state index contributed by atoms with van der Waals surface area (Å²) in [5.41, 5.74) is 3.96. The molecular formula is C26H26N6O2. The van der Waals surface area contributed by atoms with Gasteiger partial charge in [-0.3, -0.25) is 9.48 Å². The van der Waals surface area contributed by atoms with Crippen LogP contribution in [-0.2, 0) is 11.3 Å². The van der Waals surface area contributed by atoms with E-state index in [-0.39, 0.29) is 17.7 Å². The summed E-state index contributed by atoms with van der Waals surface area (Å²) in [4.78, 5) is 13.5. The average Bonchev–Trinajstić information content (AvgIpc) is 3.54. The molecule has 1 fully saturated rings. The van der Waals surface area contributed by atoms with Crippen LogP contribution in [0.3, 0.4) is 0 Å². The van der Waals surface area contributed by atoms with Crippen molar-refractivity contribution in [1.29, 1.82) is 0 Å². The fraction of sp³-hybridized carbons (Fsp3) is 0.308. The van der Waals surface area contributed by atoms with Crippen molar-refractivity contribution >= 4 is 10.9 Å². The fourth-order valence-corrected chi connectivity index (χ4v) is 4.94. The molecule has 0 saturated carbocycles. The third kappa shape index (κ3) is 3.51. The van der Waals surface area contributed by atoms with Crippen LogP contribution < -0.4 is 5.56 Å². The lowest BCUT2D eigenvalue weighted by atomic mass is 10.0. The number of rotatable bonds is 5. The third-order valence-electron chi connectivity index (χ3n) is 6.66. The Labute approximate surface area is 196 Å². The van der Waals surface area contributed by atoms with Crippen molar-refractivity contribution in [1.82, 2.24) is 29.3 Å². The van der Waals surface area contributed by atoms with Gasteiger partial charge in [0.05, 0.1) is 29.9 Å². The summed E-state index contributed by atoms with van der Waals surface area (Å²) >= 11 is 0. The first-order chi connectivity index (χ1) is 16.7. The van der Waals surface area contributed by atoms with Crippen molar-refractivity contribution < 1.29 is 4.74 Å². The van der Waals surface area contributed by atoms with Gasteiger partial charge in [-0.15, -0.1) is 0 Å². The van der Waals surface area contributed by atoms with E-state index in [0.29, 0.717) is 17.9 Å². The van der Waals surface area contributed by atoms with E-state index in [9.17, 15) is 4.79 Å². The normalized spacial score (nSPS) is 18.6. The van der Waals surface area contributed by atoms with Crippen molar-refractivity contribution in [3.05, 3.63) is 82.9 Å². The number of hydrogen-bond acceptors (Lipinski definition) is 5. The first kappa shape index (κ1) is 20.8. The van der Waals surface area contributed by atoms with Gasteiger partial charge < -0.3 is 4.74 Å². The van der Waals surface area contributed by atoms with Gasteiger partial charge in [0.1, 0.15) is 5.69 Å². The predicted octanol–water partition coefficient (Wildman–Crippen LogP) is 4.06. The number of benzene rings is 2. The van der Waals surface area contributed by atoms with E-state index in [2.05, 4.69) is 24.2 Å². The highest BCUT2D eigenvalue weighted by atomic mass is 16.5. The SMILES string of the molecule is CC[C@@H]1OCCC[C@H]1n1nc2c3ccccc3n(Cc3ccc(-n4cccn4)cc3)nc-2c1=O. The molecule has 0 N–H and O–H groups in total. The van der Waals surface area contributed by atoms with Crippen LogP contribution in [0.1, 0.15) is 37.8 Å². The third-order valence-corrected chi connectivity index (χ3v) is 6.66. The Morgan fingerprint density at radius 3 is 2.68 bits per heavy atom. The van der Waals surface area contributed by atoms with Gasteiger partial charge in [-0.05, 0) is 49.1 Å². The molecule has 0 radical (unpaired) electrons. The Kier molecular flexibility index (Phi) is 5.22. The molecule has 1 aromatic heterocycles. The lowest BCUT2D eigenvalue weighted by Gasteiger charge is -2.30.